The van der Waals surface area contributed by atoms with Gasteiger partial charge in [-0.05, 0) is 48.9 Å². The van der Waals surface area contributed by atoms with E-state index in [1.54, 1.807) is 37.3 Å². The van der Waals surface area contributed by atoms with Crippen molar-refractivity contribution in [1.82, 2.24) is 15.5 Å². The number of aromatic nitrogens is 2. The summed E-state index contributed by atoms with van der Waals surface area (Å²) in [6.07, 6.45) is 0. The van der Waals surface area contributed by atoms with Crippen molar-refractivity contribution >= 4 is 28.9 Å². The van der Waals surface area contributed by atoms with Crippen molar-refractivity contribution in [2.24, 2.45) is 0 Å². The Morgan fingerprint density at radius 1 is 0.971 bits per heavy atom. The average molecular weight is 497 g/mol. The number of anilines is 1. The normalized spacial score (nSPS) is 16.0. The van der Waals surface area contributed by atoms with E-state index in [9.17, 15) is 18.0 Å². The molecule has 0 spiro atoms. The molecule has 176 valence electrons. The lowest BCUT2D eigenvalue weighted by Crippen LogP contribution is -2.46. The summed E-state index contributed by atoms with van der Waals surface area (Å²) in [5.74, 6) is -1.99. The fourth-order valence-electron chi connectivity index (χ4n) is 4.01. The molecule has 0 radical (unpaired) electrons. The minimum Gasteiger partial charge on any atom is -0.334 e. The van der Waals surface area contributed by atoms with Gasteiger partial charge in [0.1, 0.15) is 17.5 Å². The topological polar surface area (TPSA) is 71.3 Å². The molecular weight excluding hydrogens is 481 g/mol. The van der Waals surface area contributed by atoms with Crippen molar-refractivity contribution in [3.63, 3.8) is 0 Å². The number of urea groups is 1. The fraction of sp³-hybridized carbons (Fsp3) is 0.0800. The standard InChI is InChI=1S/C25H16ClF3N4O2/c1-13-21(24-31-23(32-35-24)15-5-3-7-17(27)9-15)22(14-4-2-6-16(26)8-14)30-25(34)33(13)20-11-18(28)10-19(29)12-20/h2-12,22H,1H3,(H,30,34). The van der Waals surface area contributed by atoms with Crippen LogP contribution in [0.1, 0.15) is 24.4 Å². The molecule has 10 heteroatoms. The molecule has 5 rings (SSSR count). The lowest BCUT2D eigenvalue weighted by molar-refractivity contribution is 0.244. The van der Waals surface area contributed by atoms with Crippen LogP contribution in [0, 0.1) is 17.5 Å². The highest BCUT2D eigenvalue weighted by Crippen LogP contribution is 2.39. The molecule has 1 unspecified atom stereocenters. The third-order valence-electron chi connectivity index (χ3n) is 5.51. The van der Waals surface area contributed by atoms with Crippen LogP contribution in [0.25, 0.3) is 17.0 Å². The first-order valence-electron chi connectivity index (χ1n) is 10.4. The molecular formula is C25H16ClF3N4O2. The second-order valence-corrected chi connectivity index (χ2v) is 8.27. The molecule has 0 fully saturated rings. The van der Waals surface area contributed by atoms with Gasteiger partial charge < -0.3 is 9.84 Å². The fourth-order valence-corrected chi connectivity index (χ4v) is 4.21. The van der Waals surface area contributed by atoms with Crippen molar-refractivity contribution in [3.05, 3.63) is 106 Å². The van der Waals surface area contributed by atoms with Crippen molar-refractivity contribution in [1.29, 1.82) is 0 Å². The Balaban J connectivity index is 1.68. The number of benzene rings is 3. The van der Waals surface area contributed by atoms with Gasteiger partial charge in [0.25, 0.3) is 5.89 Å². The molecule has 4 aromatic rings. The number of allylic oxidation sites excluding steroid dienone is 1. The Morgan fingerprint density at radius 2 is 1.71 bits per heavy atom. The number of amides is 2. The van der Waals surface area contributed by atoms with Crippen LogP contribution in [0.4, 0.5) is 23.7 Å². The minimum atomic E-state index is -0.842. The van der Waals surface area contributed by atoms with Crippen LogP contribution < -0.4 is 10.2 Å². The molecule has 35 heavy (non-hydrogen) atoms. The van der Waals surface area contributed by atoms with Crippen molar-refractivity contribution in [2.45, 2.75) is 13.0 Å². The SMILES string of the molecule is CC1=C(c2nc(-c3cccc(F)c3)no2)C(c2cccc(Cl)c2)NC(=O)N1c1cc(F)cc(F)c1. The molecule has 0 aliphatic carbocycles. The zero-order chi connectivity index (χ0) is 24.7. The Bertz CT molecular complexity index is 1470. The summed E-state index contributed by atoms with van der Waals surface area (Å²) in [5, 5.41) is 7.23. The quantitative estimate of drug-likeness (QED) is 0.349. The highest BCUT2D eigenvalue weighted by molar-refractivity contribution is 6.30. The van der Waals surface area contributed by atoms with E-state index in [-0.39, 0.29) is 17.4 Å². The van der Waals surface area contributed by atoms with Gasteiger partial charge >= 0.3 is 6.03 Å². The molecule has 1 aromatic heterocycles. The second-order valence-electron chi connectivity index (χ2n) is 7.83. The molecule has 1 atom stereocenters. The summed E-state index contributed by atoms with van der Waals surface area (Å²) in [6, 6.07) is 13.9. The van der Waals surface area contributed by atoms with Crippen LogP contribution >= 0.6 is 11.6 Å². The second kappa shape index (κ2) is 8.92. The predicted molar refractivity (Wildman–Crippen MR) is 124 cm³/mol. The smallest absolute Gasteiger partial charge is 0.327 e. The van der Waals surface area contributed by atoms with Crippen LogP contribution in [-0.2, 0) is 0 Å². The molecule has 0 bridgehead atoms. The maximum absolute atomic E-state index is 14.0. The zero-order valence-corrected chi connectivity index (χ0v) is 18.9. The van der Waals surface area contributed by atoms with Crippen LogP contribution in [0.2, 0.25) is 5.02 Å². The minimum absolute atomic E-state index is 0.0237. The number of nitrogens with zero attached hydrogens (tertiary/aromatic N) is 3. The van der Waals surface area contributed by atoms with Gasteiger partial charge in [-0.15, -0.1) is 0 Å². The highest BCUT2D eigenvalue weighted by Gasteiger charge is 2.37. The van der Waals surface area contributed by atoms with E-state index in [0.717, 1.165) is 17.0 Å². The van der Waals surface area contributed by atoms with E-state index < -0.39 is 29.5 Å². The number of halogens is 4. The van der Waals surface area contributed by atoms with E-state index in [4.69, 9.17) is 16.1 Å². The van der Waals surface area contributed by atoms with Crippen LogP contribution in [0.15, 0.2) is 77.0 Å². The Hall–Kier alpha value is -4.11. The van der Waals surface area contributed by atoms with Gasteiger partial charge in [0.05, 0.1) is 17.3 Å². The summed E-state index contributed by atoms with van der Waals surface area (Å²) in [4.78, 5) is 18.7. The number of hydrogen-bond donors (Lipinski definition) is 1. The molecule has 6 nitrogen and oxygen atoms in total. The molecule has 0 saturated carbocycles. The largest absolute Gasteiger partial charge is 0.334 e. The number of carbonyl (C=O) groups is 1. The van der Waals surface area contributed by atoms with Crippen molar-refractivity contribution in [2.75, 3.05) is 4.90 Å². The predicted octanol–water partition coefficient (Wildman–Crippen LogP) is 6.51. The third kappa shape index (κ3) is 4.38. The molecule has 3 aromatic carbocycles. The van der Waals surface area contributed by atoms with Crippen LogP contribution in [0.5, 0.6) is 0 Å². The number of hydrogen-bond acceptors (Lipinski definition) is 4. The summed E-state index contributed by atoms with van der Waals surface area (Å²) in [5.41, 5.74) is 1.67. The first-order valence-corrected chi connectivity index (χ1v) is 10.8. The van der Waals surface area contributed by atoms with E-state index in [2.05, 4.69) is 15.5 Å². The summed E-state index contributed by atoms with van der Waals surface area (Å²) < 4.78 is 47.2. The van der Waals surface area contributed by atoms with E-state index in [1.807, 2.05) is 0 Å². The van der Waals surface area contributed by atoms with E-state index in [0.29, 0.717) is 33.5 Å². The number of rotatable bonds is 4. The lowest BCUT2D eigenvalue weighted by atomic mass is 9.94. The average Bonchev–Trinajstić information content (AvgIpc) is 3.28. The first-order chi connectivity index (χ1) is 16.8. The first kappa shape index (κ1) is 22.7. The monoisotopic (exact) mass is 496 g/mol. The Labute approximate surface area is 202 Å². The zero-order valence-electron chi connectivity index (χ0n) is 18.1. The molecule has 2 heterocycles. The summed E-state index contributed by atoms with van der Waals surface area (Å²) >= 11 is 6.18. The lowest BCUT2D eigenvalue weighted by Gasteiger charge is -2.35. The van der Waals surface area contributed by atoms with Gasteiger partial charge in [-0.1, -0.05) is 41.0 Å². The van der Waals surface area contributed by atoms with Gasteiger partial charge in [0.15, 0.2) is 0 Å². The van der Waals surface area contributed by atoms with Gasteiger partial charge in [-0.25, -0.2) is 18.0 Å². The molecule has 0 saturated heterocycles. The van der Waals surface area contributed by atoms with E-state index in [1.165, 1.54) is 18.2 Å². The number of carbonyl (C=O) groups excluding carboxylic acids is 1. The highest BCUT2D eigenvalue weighted by atomic mass is 35.5. The third-order valence-corrected chi connectivity index (χ3v) is 5.75. The van der Waals surface area contributed by atoms with Crippen molar-refractivity contribution < 1.29 is 22.5 Å². The Morgan fingerprint density at radius 3 is 2.43 bits per heavy atom. The Kier molecular flexibility index (Phi) is 5.78. The maximum atomic E-state index is 14.0. The maximum Gasteiger partial charge on any atom is 0.327 e. The van der Waals surface area contributed by atoms with Gasteiger partial charge in [-0.3, -0.25) is 4.90 Å². The number of nitrogens with one attached hydrogen (secondary N) is 1. The van der Waals surface area contributed by atoms with Crippen molar-refractivity contribution in [3.8, 4) is 11.4 Å². The molecule has 1 aliphatic heterocycles. The van der Waals surface area contributed by atoms with Gasteiger partial charge in [0, 0.05) is 22.3 Å². The van der Waals surface area contributed by atoms with Crippen LogP contribution in [-0.4, -0.2) is 16.2 Å². The molecule has 2 amide bonds. The van der Waals surface area contributed by atoms with Gasteiger partial charge in [-0.2, -0.15) is 4.98 Å². The van der Waals surface area contributed by atoms with Gasteiger partial charge in [0.2, 0.25) is 5.82 Å². The summed E-state index contributed by atoms with van der Waals surface area (Å²) in [6.45, 7) is 1.60. The van der Waals surface area contributed by atoms with E-state index >= 15 is 0 Å². The molecule has 1 aliphatic rings. The van der Waals surface area contributed by atoms with Crippen LogP contribution in [0.3, 0.4) is 0 Å². The molecule has 1 N–H and O–H groups in total. The summed E-state index contributed by atoms with van der Waals surface area (Å²) in [7, 11) is 0.